The van der Waals surface area contributed by atoms with Gasteiger partial charge in [0.05, 0.1) is 11.5 Å². The molecule has 0 saturated carbocycles. The van der Waals surface area contributed by atoms with Crippen LogP contribution in [0.15, 0.2) is 29.2 Å². The maximum Gasteiger partial charge on any atom is 0.299 e. The fourth-order valence-electron chi connectivity index (χ4n) is 2.06. The molecule has 9 heteroatoms. The molecule has 0 bridgehead atoms. The molecule has 4 N–H and O–H groups in total. The minimum atomic E-state index is -4.21. The predicted molar refractivity (Wildman–Crippen MR) is 73.2 cm³/mol. The van der Waals surface area contributed by atoms with Crippen LogP contribution in [0.25, 0.3) is 0 Å². The second-order valence-corrected chi connectivity index (χ2v) is 6.64. The minimum Gasteiger partial charge on any atom is -0.394 e. The third-order valence-corrected chi connectivity index (χ3v) is 4.65. The molecule has 1 heterocycles. The van der Waals surface area contributed by atoms with Gasteiger partial charge in [0.1, 0.15) is 24.4 Å². The van der Waals surface area contributed by atoms with Crippen molar-refractivity contribution in [3.63, 3.8) is 0 Å². The lowest BCUT2D eigenvalue weighted by atomic mass is 10.1. The molecule has 2 rings (SSSR count). The van der Waals surface area contributed by atoms with Crippen LogP contribution in [0.4, 0.5) is 0 Å². The molecule has 1 aromatic rings. The van der Waals surface area contributed by atoms with Crippen molar-refractivity contribution in [3.05, 3.63) is 29.8 Å². The summed E-state index contributed by atoms with van der Waals surface area (Å²) in [6, 6.07) is 5.83. The fraction of sp³-hybridized carbons (Fsp3) is 0.538. The Hall–Kier alpha value is -1.07. The van der Waals surface area contributed by atoms with Gasteiger partial charge < -0.3 is 25.2 Å². The van der Waals surface area contributed by atoms with E-state index in [4.69, 9.17) is 14.0 Å². The Morgan fingerprint density at radius 1 is 1.23 bits per heavy atom. The van der Waals surface area contributed by atoms with Crippen LogP contribution in [-0.2, 0) is 19.0 Å². The van der Waals surface area contributed by atoms with Gasteiger partial charge in [-0.15, -0.1) is 0 Å². The van der Waals surface area contributed by atoms with Crippen molar-refractivity contribution in [2.24, 2.45) is 0 Å². The Balaban J connectivity index is 2.14. The van der Waals surface area contributed by atoms with Gasteiger partial charge in [-0.1, -0.05) is 17.7 Å². The molecule has 0 spiro atoms. The Morgan fingerprint density at radius 3 is 2.36 bits per heavy atom. The molecule has 0 unspecified atom stereocenters. The van der Waals surface area contributed by atoms with Crippen LogP contribution in [0, 0.1) is 6.92 Å². The summed E-state index contributed by atoms with van der Waals surface area (Å²) >= 11 is 0. The molecule has 0 aromatic heterocycles. The highest BCUT2D eigenvalue weighted by Crippen LogP contribution is 2.27. The molecule has 1 fully saturated rings. The molecule has 1 aliphatic rings. The second-order valence-electron chi connectivity index (χ2n) is 5.06. The first kappa shape index (κ1) is 17.3. The van der Waals surface area contributed by atoms with Crippen molar-refractivity contribution >= 4 is 10.1 Å². The third kappa shape index (κ3) is 3.46. The van der Waals surface area contributed by atoms with Gasteiger partial charge in [-0.3, -0.25) is 0 Å². The first-order valence-electron chi connectivity index (χ1n) is 6.57. The maximum absolute atomic E-state index is 12.1. The highest BCUT2D eigenvalue weighted by Gasteiger charge is 2.48. The monoisotopic (exact) mass is 334 g/mol. The van der Waals surface area contributed by atoms with Gasteiger partial charge in [0.25, 0.3) is 10.1 Å². The van der Waals surface area contributed by atoms with Crippen LogP contribution in [-0.4, -0.2) is 66.2 Å². The van der Waals surface area contributed by atoms with Crippen LogP contribution >= 0.6 is 0 Å². The van der Waals surface area contributed by atoms with Crippen molar-refractivity contribution in [2.75, 3.05) is 6.61 Å². The average Bonchev–Trinajstić information content (AvgIpc) is 2.75. The Kier molecular flexibility index (Phi) is 5.17. The number of hydrogen-bond acceptors (Lipinski definition) is 8. The summed E-state index contributed by atoms with van der Waals surface area (Å²) in [6.45, 7) is 1.07. The Labute approximate surface area is 127 Å². The van der Waals surface area contributed by atoms with E-state index in [0.29, 0.717) is 0 Å². The van der Waals surface area contributed by atoms with E-state index in [2.05, 4.69) is 0 Å². The van der Waals surface area contributed by atoms with Crippen molar-refractivity contribution in [1.82, 2.24) is 0 Å². The van der Waals surface area contributed by atoms with E-state index in [1.54, 1.807) is 19.1 Å². The fourth-order valence-corrected chi connectivity index (χ4v) is 3.05. The molecule has 0 radical (unpaired) electrons. The summed E-state index contributed by atoms with van der Waals surface area (Å²) in [6.07, 6.45) is -7.75. The number of aliphatic hydroxyl groups is 4. The van der Waals surface area contributed by atoms with Crippen LogP contribution in [0.2, 0.25) is 0 Å². The second kappa shape index (κ2) is 6.59. The van der Waals surface area contributed by atoms with E-state index >= 15 is 0 Å². The van der Waals surface area contributed by atoms with Crippen LogP contribution in [0.1, 0.15) is 5.56 Å². The van der Waals surface area contributed by atoms with Gasteiger partial charge in [-0.25, -0.2) is 4.18 Å². The number of aliphatic hydroxyl groups excluding tert-OH is 4. The molecule has 22 heavy (non-hydrogen) atoms. The van der Waals surface area contributed by atoms with Crippen LogP contribution < -0.4 is 0 Å². The van der Waals surface area contributed by atoms with E-state index < -0.39 is 47.4 Å². The maximum atomic E-state index is 12.1. The number of rotatable bonds is 5. The van der Waals surface area contributed by atoms with Gasteiger partial charge in [-0.2, -0.15) is 8.42 Å². The molecule has 124 valence electrons. The van der Waals surface area contributed by atoms with E-state index in [0.717, 1.165) is 5.56 Å². The topological polar surface area (TPSA) is 134 Å². The summed E-state index contributed by atoms with van der Waals surface area (Å²) in [4.78, 5) is -0.130. The molecule has 0 amide bonds. The summed E-state index contributed by atoms with van der Waals surface area (Å²) in [5.74, 6) is 0. The molecule has 0 aliphatic carbocycles. The number of aryl methyl sites for hydroxylation is 1. The lowest BCUT2D eigenvalue weighted by Crippen LogP contribution is -2.40. The molecule has 5 atom stereocenters. The standard InChI is InChI=1S/C13H18O8S/c1-7-2-4-8(5-3-7)22(18,19)21-13-11(17)10(16)12(20-13)9(15)6-14/h2-5,9-17H,6H2,1H3/t9-,10-,11-,12-,13+/m0/s1. The molecule has 1 aliphatic heterocycles. The van der Waals surface area contributed by atoms with Crippen LogP contribution in [0.5, 0.6) is 0 Å². The van der Waals surface area contributed by atoms with E-state index in [-0.39, 0.29) is 4.90 Å². The third-order valence-electron chi connectivity index (χ3n) is 3.35. The van der Waals surface area contributed by atoms with Crippen LogP contribution in [0.3, 0.4) is 0 Å². The predicted octanol–water partition coefficient (Wildman–Crippen LogP) is -1.50. The first-order chi connectivity index (χ1) is 10.3. The summed E-state index contributed by atoms with van der Waals surface area (Å²) in [7, 11) is -4.21. The molecule has 8 nitrogen and oxygen atoms in total. The van der Waals surface area contributed by atoms with Crippen molar-refractivity contribution in [1.29, 1.82) is 0 Å². The summed E-state index contributed by atoms with van der Waals surface area (Å²) < 4.78 is 34.0. The smallest absolute Gasteiger partial charge is 0.299 e. The lowest BCUT2D eigenvalue weighted by molar-refractivity contribution is -0.135. The highest BCUT2D eigenvalue weighted by molar-refractivity contribution is 7.86. The SMILES string of the molecule is Cc1ccc(S(=O)(=O)O[C@H]2O[C@@H]([C@@H](O)CO)[C@@H](O)[C@@H]2O)cc1. The number of hydrogen-bond donors (Lipinski definition) is 4. The highest BCUT2D eigenvalue weighted by atomic mass is 32.2. The number of ether oxygens (including phenoxy) is 1. The average molecular weight is 334 g/mol. The lowest BCUT2D eigenvalue weighted by Gasteiger charge is -2.18. The summed E-state index contributed by atoms with van der Waals surface area (Å²) in [5.41, 5.74) is 0.859. The summed E-state index contributed by atoms with van der Waals surface area (Å²) in [5, 5.41) is 37.8. The van der Waals surface area contributed by atoms with Gasteiger partial charge >= 0.3 is 0 Å². The van der Waals surface area contributed by atoms with Crippen molar-refractivity contribution < 1.29 is 37.8 Å². The van der Waals surface area contributed by atoms with E-state index in [1.165, 1.54) is 12.1 Å². The van der Waals surface area contributed by atoms with Gasteiger partial charge in [-0.05, 0) is 19.1 Å². The quantitative estimate of drug-likeness (QED) is 0.478. The van der Waals surface area contributed by atoms with Gasteiger partial charge in [0.2, 0.25) is 6.29 Å². The molecule has 1 aromatic carbocycles. The van der Waals surface area contributed by atoms with Gasteiger partial charge in [0.15, 0.2) is 0 Å². The largest absolute Gasteiger partial charge is 0.394 e. The molecule has 1 saturated heterocycles. The zero-order valence-electron chi connectivity index (χ0n) is 11.7. The zero-order valence-corrected chi connectivity index (χ0v) is 12.5. The molecular formula is C13H18O8S. The van der Waals surface area contributed by atoms with Gasteiger partial charge in [0, 0.05) is 0 Å². The van der Waals surface area contributed by atoms with Crippen molar-refractivity contribution in [2.45, 2.75) is 42.5 Å². The first-order valence-corrected chi connectivity index (χ1v) is 7.97. The Morgan fingerprint density at radius 2 is 1.82 bits per heavy atom. The normalized spacial score (nSPS) is 30.4. The van der Waals surface area contributed by atoms with E-state index in [1.807, 2.05) is 0 Å². The van der Waals surface area contributed by atoms with Crippen molar-refractivity contribution in [3.8, 4) is 0 Å². The zero-order chi connectivity index (χ0) is 16.5. The Bertz CT molecular complexity index is 599. The molecular weight excluding hydrogens is 316 g/mol. The minimum absolute atomic E-state index is 0.130. The van der Waals surface area contributed by atoms with E-state index in [9.17, 15) is 23.7 Å². The number of benzene rings is 1.